The Morgan fingerprint density at radius 1 is 1.08 bits per heavy atom. The highest BCUT2D eigenvalue weighted by molar-refractivity contribution is 5.95. The molecule has 5 heteroatoms. The van der Waals surface area contributed by atoms with Crippen LogP contribution in [0.1, 0.15) is 18.4 Å². The first-order valence-electron chi connectivity index (χ1n) is 8.90. The normalized spacial score (nSPS) is 13.9. The second-order valence-electron chi connectivity index (χ2n) is 6.88. The van der Waals surface area contributed by atoms with E-state index in [4.69, 9.17) is 4.98 Å². The van der Waals surface area contributed by atoms with Gasteiger partial charge in [-0.1, -0.05) is 29.8 Å². The van der Waals surface area contributed by atoms with Crippen LogP contribution in [0.2, 0.25) is 0 Å². The standard InChI is InChI=1S/C21H19N5/c1-13-3-2-4-14(9-13)15-10-17-18(12-24-20(17)23-11-15)19-7-8-22-21(26-19)25-16-5-6-16/h2-4,7-12,16H,5-6H2,1H3,(H,23,24)(H,22,25,26). The number of aryl methyl sites for hydroxylation is 1. The van der Waals surface area contributed by atoms with Gasteiger partial charge in [-0.2, -0.15) is 0 Å². The minimum absolute atomic E-state index is 0.530. The van der Waals surface area contributed by atoms with Crippen LogP contribution < -0.4 is 5.32 Å². The van der Waals surface area contributed by atoms with Crippen molar-refractivity contribution in [2.45, 2.75) is 25.8 Å². The third kappa shape index (κ3) is 2.81. The molecule has 0 spiro atoms. The van der Waals surface area contributed by atoms with E-state index in [1.807, 2.05) is 24.7 Å². The summed E-state index contributed by atoms with van der Waals surface area (Å²) in [6.07, 6.45) is 8.09. The molecular formula is C21H19N5. The highest BCUT2D eigenvalue weighted by Gasteiger charge is 2.22. The van der Waals surface area contributed by atoms with E-state index >= 15 is 0 Å². The maximum Gasteiger partial charge on any atom is 0.223 e. The van der Waals surface area contributed by atoms with Crippen molar-refractivity contribution in [2.75, 3.05) is 5.32 Å². The summed E-state index contributed by atoms with van der Waals surface area (Å²) in [6.45, 7) is 2.10. The summed E-state index contributed by atoms with van der Waals surface area (Å²) in [5, 5.41) is 4.43. The fourth-order valence-electron chi connectivity index (χ4n) is 3.19. The molecule has 4 aromatic rings. The Hall–Kier alpha value is -3.21. The fourth-order valence-corrected chi connectivity index (χ4v) is 3.19. The minimum atomic E-state index is 0.530. The van der Waals surface area contributed by atoms with Crippen molar-refractivity contribution in [3.05, 3.63) is 60.6 Å². The minimum Gasteiger partial charge on any atom is -0.351 e. The third-order valence-corrected chi connectivity index (χ3v) is 4.72. The molecule has 2 N–H and O–H groups in total. The lowest BCUT2D eigenvalue weighted by Gasteiger charge is -2.06. The van der Waals surface area contributed by atoms with E-state index in [1.54, 1.807) is 0 Å². The highest BCUT2D eigenvalue weighted by atomic mass is 15.1. The lowest BCUT2D eigenvalue weighted by Crippen LogP contribution is -2.05. The van der Waals surface area contributed by atoms with Gasteiger partial charge in [-0.05, 0) is 37.5 Å². The summed E-state index contributed by atoms with van der Waals surface area (Å²) in [6, 6.07) is 13.1. The van der Waals surface area contributed by atoms with E-state index in [1.165, 1.54) is 24.0 Å². The maximum atomic E-state index is 4.69. The van der Waals surface area contributed by atoms with Gasteiger partial charge in [0.05, 0.1) is 5.69 Å². The number of hydrogen-bond acceptors (Lipinski definition) is 4. The van der Waals surface area contributed by atoms with E-state index in [0.717, 1.165) is 27.9 Å². The Bertz CT molecular complexity index is 1090. The molecule has 1 fully saturated rings. The maximum absolute atomic E-state index is 4.69. The topological polar surface area (TPSA) is 66.5 Å². The first-order valence-corrected chi connectivity index (χ1v) is 8.90. The Balaban J connectivity index is 1.59. The number of anilines is 1. The average molecular weight is 341 g/mol. The predicted molar refractivity (Wildman–Crippen MR) is 104 cm³/mol. The SMILES string of the molecule is Cc1cccc(-c2cnc3[nH]cc(-c4ccnc(NC5CC5)n4)c3c2)c1. The molecule has 5 rings (SSSR count). The van der Waals surface area contributed by atoms with Gasteiger partial charge < -0.3 is 10.3 Å². The van der Waals surface area contributed by atoms with E-state index in [-0.39, 0.29) is 0 Å². The molecule has 0 unspecified atom stereocenters. The lowest BCUT2D eigenvalue weighted by atomic mass is 10.0. The van der Waals surface area contributed by atoms with Crippen LogP contribution in [0.3, 0.4) is 0 Å². The zero-order valence-corrected chi connectivity index (χ0v) is 14.5. The van der Waals surface area contributed by atoms with Crippen LogP contribution in [-0.4, -0.2) is 26.0 Å². The van der Waals surface area contributed by atoms with Crippen molar-refractivity contribution in [3.63, 3.8) is 0 Å². The summed E-state index contributed by atoms with van der Waals surface area (Å²) in [7, 11) is 0. The second kappa shape index (κ2) is 5.95. The molecular weight excluding hydrogens is 322 g/mol. The number of rotatable bonds is 4. The predicted octanol–water partition coefficient (Wildman–Crippen LogP) is 4.57. The molecule has 0 aliphatic heterocycles. The zero-order chi connectivity index (χ0) is 17.5. The number of fused-ring (bicyclic) bond motifs is 1. The highest BCUT2D eigenvalue weighted by Crippen LogP contribution is 2.31. The van der Waals surface area contributed by atoms with Gasteiger partial charge in [-0.15, -0.1) is 0 Å². The van der Waals surface area contributed by atoms with Crippen LogP contribution in [-0.2, 0) is 0 Å². The van der Waals surface area contributed by atoms with Crippen molar-refractivity contribution >= 4 is 17.0 Å². The largest absolute Gasteiger partial charge is 0.351 e. The number of nitrogens with zero attached hydrogens (tertiary/aromatic N) is 3. The molecule has 1 aliphatic carbocycles. The molecule has 1 aromatic carbocycles. The van der Waals surface area contributed by atoms with Crippen molar-refractivity contribution in [3.8, 4) is 22.4 Å². The molecule has 0 bridgehead atoms. The smallest absolute Gasteiger partial charge is 0.223 e. The zero-order valence-electron chi connectivity index (χ0n) is 14.5. The molecule has 0 atom stereocenters. The molecule has 3 heterocycles. The van der Waals surface area contributed by atoms with Crippen LogP contribution in [0.15, 0.2) is 55.0 Å². The Labute approximate surface area is 151 Å². The van der Waals surface area contributed by atoms with Gasteiger partial charge in [0.1, 0.15) is 5.65 Å². The summed E-state index contributed by atoms with van der Waals surface area (Å²) < 4.78 is 0. The Kier molecular flexibility index (Phi) is 3.45. The number of benzene rings is 1. The van der Waals surface area contributed by atoms with Crippen molar-refractivity contribution in [1.82, 2.24) is 19.9 Å². The number of pyridine rings is 1. The number of aromatic nitrogens is 4. The Morgan fingerprint density at radius 3 is 2.85 bits per heavy atom. The van der Waals surface area contributed by atoms with E-state index < -0.39 is 0 Å². The number of hydrogen-bond donors (Lipinski definition) is 2. The van der Waals surface area contributed by atoms with E-state index in [0.29, 0.717) is 12.0 Å². The van der Waals surface area contributed by atoms with Crippen LogP contribution >= 0.6 is 0 Å². The van der Waals surface area contributed by atoms with Crippen LogP contribution in [0.4, 0.5) is 5.95 Å². The molecule has 0 amide bonds. The van der Waals surface area contributed by atoms with Gasteiger partial charge in [0.2, 0.25) is 5.95 Å². The molecule has 1 saturated carbocycles. The van der Waals surface area contributed by atoms with Crippen LogP contribution in [0.25, 0.3) is 33.4 Å². The van der Waals surface area contributed by atoms with E-state index in [9.17, 15) is 0 Å². The second-order valence-corrected chi connectivity index (χ2v) is 6.88. The molecule has 0 radical (unpaired) electrons. The van der Waals surface area contributed by atoms with Gasteiger partial charge in [0.25, 0.3) is 0 Å². The van der Waals surface area contributed by atoms with Gasteiger partial charge in [0.15, 0.2) is 0 Å². The first-order chi connectivity index (χ1) is 12.8. The quantitative estimate of drug-likeness (QED) is 0.570. The van der Waals surface area contributed by atoms with E-state index in [2.05, 4.69) is 57.5 Å². The molecule has 1 aliphatic rings. The summed E-state index contributed by atoms with van der Waals surface area (Å²) in [5.74, 6) is 0.696. The summed E-state index contributed by atoms with van der Waals surface area (Å²) >= 11 is 0. The van der Waals surface area contributed by atoms with Crippen molar-refractivity contribution in [1.29, 1.82) is 0 Å². The Morgan fingerprint density at radius 2 is 2.00 bits per heavy atom. The third-order valence-electron chi connectivity index (χ3n) is 4.72. The first kappa shape index (κ1) is 15.1. The van der Waals surface area contributed by atoms with Crippen molar-refractivity contribution < 1.29 is 0 Å². The lowest BCUT2D eigenvalue weighted by molar-refractivity contribution is 1.06. The monoisotopic (exact) mass is 341 g/mol. The van der Waals surface area contributed by atoms with Gasteiger partial charge in [-0.3, -0.25) is 0 Å². The fraction of sp³-hybridized carbons (Fsp3) is 0.190. The molecule has 3 aromatic heterocycles. The molecule has 5 nitrogen and oxygen atoms in total. The van der Waals surface area contributed by atoms with Crippen LogP contribution in [0.5, 0.6) is 0 Å². The van der Waals surface area contributed by atoms with Crippen LogP contribution in [0, 0.1) is 6.92 Å². The summed E-state index contributed by atoms with van der Waals surface area (Å²) in [4.78, 5) is 16.9. The molecule has 26 heavy (non-hydrogen) atoms. The van der Waals surface area contributed by atoms with Gasteiger partial charge >= 0.3 is 0 Å². The van der Waals surface area contributed by atoms with Gasteiger partial charge in [0, 0.05) is 41.1 Å². The van der Waals surface area contributed by atoms with Crippen molar-refractivity contribution in [2.24, 2.45) is 0 Å². The number of aromatic amines is 1. The summed E-state index contributed by atoms with van der Waals surface area (Å²) in [5.41, 5.74) is 6.33. The number of H-pyrrole nitrogens is 1. The molecule has 0 saturated heterocycles. The number of nitrogens with one attached hydrogen (secondary N) is 2. The van der Waals surface area contributed by atoms with Gasteiger partial charge in [-0.25, -0.2) is 15.0 Å². The average Bonchev–Trinajstić information content (AvgIpc) is 3.37. The molecule has 128 valence electrons.